The standard InChI is InChI=1S/C18H20N4O2/c1-20-9-10-22(12-14(20)17-19-7-8-21(17)2)18(23)16-11-13-5-3-4-6-15(13)24-16/h3-8,11,14H,9-10,12H2,1-2H3/t14-/m1/s1. The molecule has 0 unspecified atom stereocenters. The molecule has 0 saturated carbocycles. The molecular formula is C18H20N4O2. The van der Waals surface area contributed by atoms with Crippen LogP contribution in [0.15, 0.2) is 47.1 Å². The number of likely N-dealkylation sites (N-methyl/N-ethyl adjacent to an activating group) is 1. The average molecular weight is 324 g/mol. The van der Waals surface area contributed by atoms with Crippen molar-refractivity contribution in [3.8, 4) is 0 Å². The number of aryl methyl sites for hydroxylation is 1. The number of nitrogens with zero attached hydrogens (tertiary/aromatic N) is 4. The van der Waals surface area contributed by atoms with Gasteiger partial charge in [0.1, 0.15) is 11.4 Å². The highest BCUT2D eigenvalue weighted by molar-refractivity contribution is 5.96. The van der Waals surface area contributed by atoms with E-state index in [-0.39, 0.29) is 11.9 Å². The highest BCUT2D eigenvalue weighted by atomic mass is 16.3. The van der Waals surface area contributed by atoms with E-state index in [1.807, 2.05) is 53.0 Å². The Kier molecular flexibility index (Phi) is 3.61. The molecule has 0 spiro atoms. The lowest BCUT2D eigenvalue weighted by molar-refractivity contribution is 0.0502. The van der Waals surface area contributed by atoms with Crippen molar-refractivity contribution in [2.75, 3.05) is 26.7 Å². The maximum Gasteiger partial charge on any atom is 0.289 e. The molecule has 6 heteroatoms. The number of carbonyl (C=O) groups excluding carboxylic acids is 1. The van der Waals surface area contributed by atoms with Crippen LogP contribution in [0.2, 0.25) is 0 Å². The first-order valence-corrected chi connectivity index (χ1v) is 8.09. The highest BCUT2D eigenvalue weighted by Crippen LogP contribution is 2.25. The summed E-state index contributed by atoms with van der Waals surface area (Å²) < 4.78 is 7.74. The topological polar surface area (TPSA) is 54.5 Å². The van der Waals surface area contributed by atoms with Crippen LogP contribution < -0.4 is 0 Å². The van der Waals surface area contributed by atoms with E-state index in [1.54, 1.807) is 6.20 Å². The molecule has 1 aromatic carbocycles. The van der Waals surface area contributed by atoms with Crippen LogP contribution in [0, 0.1) is 0 Å². The van der Waals surface area contributed by atoms with Crippen LogP contribution in [-0.2, 0) is 7.05 Å². The van der Waals surface area contributed by atoms with Gasteiger partial charge in [0.15, 0.2) is 5.76 Å². The number of hydrogen-bond donors (Lipinski definition) is 0. The Balaban J connectivity index is 1.59. The number of rotatable bonds is 2. The van der Waals surface area contributed by atoms with Crippen molar-refractivity contribution >= 4 is 16.9 Å². The van der Waals surface area contributed by atoms with Gasteiger partial charge in [0.05, 0.1) is 6.04 Å². The predicted octanol–water partition coefficient (Wildman–Crippen LogP) is 2.30. The predicted molar refractivity (Wildman–Crippen MR) is 90.7 cm³/mol. The van der Waals surface area contributed by atoms with Gasteiger partial charge in [-0.1, -0.05) is 18.2 Å². The fourth-order valence-corrected chi connectivity index (χ4v) is 3.28. The molecule has 1 amide bonds. The van der Waals surface area contributed by atoms with Crippen molar-refractivity contribution in [1.29, 1.82) is 0 Å². The smallest absolute Gasteiger partial charge is 0.289 e. The SMILES string of the molecule is CN1CCN(C(=O)c2cc3ccccc3o2)C[C@@H]1c1nccn1C. The second-order valence-electron chi connectivity index (χ2n) is 6.29. The van der Waals surface area contributed by atoms with Gasteiger partial charge in [-0.2, -0.15) is 0 Å². The lowest BCUT2D eigenvalue weighted by Crippen LogP contribution is -2.49. The summed E-state index contributed by atoms with van der Waals surface area (Å²) in [4.78, 5) is 21.4. The minimum atomic E-state index is -0.0569. The van der Waals surface area contributed by atoms with Crippen molar-refractivity contribution < 1.29 is 9.21 Å². The van der Waals surface area contributed by atoms with E-state index < -0.39 is 0 Å². The molecule has 0 radical (unpaired) electrons. The number of aromatic nitrogens is 2. The number of piperazine rings is 1. The third kappa shape index (κ3) is 2.49. The molecular weight excluding hydrogens is 304 g/mol. The summed E-state index contributed by atoms with van der Waals surface area (Å²) in [6.45, 7) is 2.11. The van der Waals surface area contributed by atoms with E-state index >= 15 is 0 Å². The van der Waals surface area contributed by atoms with E-state index in [2.05, 4.69) is 16.9 Å². The van der Waals surface area contributed by atoms with E-state index in [1.165, 1.54) is 0 Å². The van der Waals surface area contributed by atoms with Gasteiger partial charge in [0.2, 0.25) is 0 Å². The molecule has 1 fully saturated rings. The average Bonchev–Trinajstić information content (AvgIpc) is 3.20. The first-order valence-electron chi connectivity index (χ1n) is 8.09. The van der Waals surface area contributed by atoms with Gasteiger partial charge in [0, 0.05) is 44.5 Å². The maximum atomic E-state index is 12.9. The molecule has 0 N–H and O–H groups in total. The van der Waals surface area contributed by atoms with Crippen LogP contribution >= 0.6 is 0 Å². The Labute approximate surface area is 140 Å². The summed E-state index contributed by atoms with van der Waals surface area (Å²) >= 11 is 0. The highest BCUT2D eigenvalue weighted by Gasteiger charge is 2.32. The number of fused-ring (bicyclic) bond motifs is 1. The summed E-state index contributed by atoms with van der Waals surface area (Å²) in [5.74, 6) is 1.32. The largest absolute Gasteiger partial charge is 0.451 e. The Morgan fingerprint density at radius 3 is 2.83 bits per heavy atom. The minimum absolute atomic E-state index is 0.0569. The Morgan fingerprint density at radius 2 is 2.08 bits per heavy atom. The first kappa shape index (κ1) is 15.0. The maximum absolute atomic E-state index is 12.9. The van der Waals surface area contributed by atoms with Crippen LogP contribution in [0.5, 0.6) is 0 Å². The van der Waals surface area contributed by atoms with Crippen molar-refractivity contribution in [1.82, 2.24) is 19.4 Å². The van der Waals surface area contributed by atoms with Gasteiger partial charge >= 0.3 is 0 Å². The number of benzene rings is 1. The molecule has 1 aliphatic rings. The van der Waals surface area contributed by atoms with Gasteiger partial charge in [-0.3, -0.25) is 9.69 Å². The molecule has 1 saturated heterocycles. The summed E-state index contributed by atoms with van der Waals surface area (Å²) in [5, 5.41) is 0.954. The second kappa shape index (κ2) is 5.79. The molecule has 6 nitrogen and oxygen atoms in total. The van der Waals surface area contributed by atoms with Crippen molar-refractivity contribution in [2.24, 2.45) is 7.05 Å². The molecule has 4 rings (SSSR count). The number of carbonyl (C=O) groups is 1. The first-order chi connectivity index (χ1) is 11.6. The van der Waals surface area contributed by atoms with Gasteiger partial charge in [0.25, 0.3) is 5.91 Å². The summed E-state index contributed by atoms with van der Waals surface area (Å²) in [6.07, 6.45) is 3.73. The van der Waals surface area contributed by atoms with E-state index in [0.717, 1.165) is 23.3 Å². The van der Waals surface area contributed by atoms with Crippen molar-refractivity contribution in [2.45, 2.75) is 6.04 Å². The molecule has 24 heavy (non-hydrogen) atoms. The quantitative estimate of drug-likeness (QED) is 0.726. The molecule has 1 aliphatic heterocycles. The lowest BCUT2D eigenvalue weighted by Gasteiger charge is -2.38. The fourth-order valence-electron chi connectivity index (χ4n) is 3.28. The van der Waals surface area contributed by atoms with Crippen molar-refractivity contribution in [3.63, 3.8) is 0 Å². The molecule has 3 aromatic rings. The number of amides is 1. The van der Waals surface area contributed by atoms with E-state index in [0.29, 0.717) is 18.8 Å². The van der Waals surface area contributed by atoms with Crippen molar-refractivity contribution in [3.05, 3.63) is 54.3 Å². The summed E-state index contributed by atoms with van der Waals surface area (Å²) in [7, 11) is 4.05. The zero-order valence-corrected chi connectivity index (χ0v) is 13.8. The zero-order chi connectivity index (χ0) is 16.7. The van der Waals surface area contributed by atoms with Crippen LogP contribution in [0.3, 0.4) is 0 Å². The van der Waals surface area contributed by atoms with Gasteiger partial charge < -0.3 is 13.9 Å². The molecule has 0 aliphatic carbocycles. The number of para-hydroxylation sites is 1. The number of hydrogen-bond acceptors (Lipinski definition) is 4. The third-order valence-corrected chi connectivity index (χ3v) is 4.73. The summed E-state index contributed by atoms with van der Waals surface area (Å²) in [5.41, 5.74) is 0.746. The Morgan fingerprint density at radius 1 is 1.25 bits per heavy atom. The molecule has 1 atom stereocenters. The lowest BCUT2D eigenvalue weighted by atomic mass is 10.1. The van der Waals surface area contributed by atoms with Crippen LogP contribution in [-0.4, -0.2) is 51.9 Å². The van der Waals surface area contributed by atoms with E-state index in [4.69, 9.17) is 4.42 Å². The van der Waals surface area contributed by atoms with Gasteiger partial charge in [-0.25, -0.2) is 4.98 Å². The summed E-state index contributed by atoms with van der Waals surface area (Å²) in [6, 6.07) is 9.60. The monoisotopic (exact) mass is 324 g/mol. The zero-order valence-electron chi connectivity index (χ0n) is 13.8. The van der Waals surface area contributed by atoms with Gasteiger partial charge in [-0.15, -0.1) is 0 Å². The second-order valence-corrected chi connectivity index (χ2v) is 6.29. The molecule has 0 bridgehead atoms. The van der Waals surface area contributed by atoms with Crippen LogP contribution in [0.4, 0.5) is 0 Å². The Hall–Kier alpha value is -2.60. The minimum Gasteiger partial charge on any atom is -0.451 e. The number of imidazole rings is 1. The van der Waals surface area contributed by atoms with Gasteiger partial charge in [-0.05, 0) is 19.2 Å². The van der Waals surface area contributed by atoms with Crippen LogP contribution in [0.25, 0.3) is 11.0 Å². The molecule has 3 heterocycles. The Bertz CT molecular complexity index is 849. The molecule has 124 valence electrons. The fraction of sp³-hybridized carbons (Fsp3) is 0.333. The van der Waals surface area contributed by atoms with Crippen LogP contribution in [0.1, 0.15) is 22.4 Å². The third-order valence-electron chi connectivity index (χ3n) is 4.73. The molecule has 2 aromatic heterocycles. The van der Waals surface area contributed by atoms with E-state index in [9.17, 15) is 4.79 Å². The number of furan rings is 1. The normalized spacial score (nSPS) is 19.1.